The molecule has 1 aromatic carbocycles. The van der Waals surface area contributed by atoms with Gasteiger partial charge < -0.3 is 10.2 Å². The fourth-order valence-electron chi connectivity index (χ4n) is 2.89. The van der Waals surface area contributed by atoms with E-state index >= 15 is 0 Å². The minimum atomic E-state index is -0.276. The molecule has 0 spiro atoms. The first-order valence-electron chi connectivity index (χ1n) is 8.47. The lowest BCUT2D eigenvalue weighted by molar-refractivity contribution is 0.102. The number of aryl methyl sites for hydroxylation is 1. The lowest BCUT2D eigenvalue weighted by Gasteiger charge is -2.31. The molecule has 0 radical (unpaired) electrons. The van der Waals surface area contributed by atoms with Crippen molar-refractivity contribution < 1.29 is 4.79 Å². The molecule has 1 aliphatic rings. The summed E-state index contributed by atoms with van der Waals surface area (Å²) in [6, 6.07) is 10.6. The van der Waals surface area contributed by atoms with Gasteiger partial charge in [-0.15, -0.1) is 0 Å². The molecule has 1 N–H and O–H groups in total. The summed E-state index contributed by atoms with van der Waals surface area (Å²) >= 11 is 0. The molecule has 0 unspecified atom stereocenters. The van der Waals surface area contributed by atoms with Gasteiger partial charge in [-0.1, -0.05) is 6.92 Å². The molecule has 3 rings (SSSR count). The molecular weight excluding hydrogens is 314 g/mol. The topological polar surface area (TPSA) is 81.9 Å². The monoisotopic (exact) mass is 335 g/mol. The number of nitrogens with one attached hydrogen (secondary N) is 1. The van der Waals surface area contributed by atoms with E-state index in [-0.39, 0.29) is 5.91 Å². The van der Waals surface area contributed by atoms with Crippen LogP contribution in [0.15, 0.2) is 30.3 Å². The van der Waals surface area contributed by atoms with Crippen molar-refractivity contribution in [3.63, 3.8) is 0 Å². The van der Waals surface area contributed by atoms with E-state index in [1.165, 1.54) is 0 Å². The Morgan fingerprint density at radius 1 is 1.24 bits per heavy atom. The molecule has 1 saturated heterocycles. The second-order valence-electron chi connectivity index (χ2n) is 6.47. The van der Waals surface area contributed by atoms with Crippen LogP contribution in [0.5, 0.6) is 0 Å². The van der Waals surface area contributed by atoms with Crippen LogP contribution in [0.25, 0.3) is 0 Å². The average Bonchev–Trinajstić information content (AvgIpc) is 2.62. The minimum Gasteiger partial charge on any atom is -0.356 e. The van der Waals surface area contributed by atoms with Gasteiger partial charge >= 0.3 is 0 Å². The predicted octanol–water partition coefficient (Wildman–Crippen LogP) is 3.15. The molecule has 2 aromatic rings. The maximum Gasteiger partial charge on any atom is 0.274 e. The summed E-state index contributed by atoms with van der Waals surface area (Å²) in [4.78, 5) is 23.5. The van der Waals surface area contributed by atoms with Crippen molar-refractivity contribution in [3.05, 3.63) is 47.4 Å². The van der Waals surface area contributed by atoms with E-state index in [0.717, 1.165) is 37.7 Å². The maximum absolute atomic E-state index is 12.5. The van der Waals surface area contributed by atoms with Crippen LogP contribution in [-0.4, -0.2) is 29.0 Å². The second kappa shape index (κ2) is 7.31. The molecule has 128 valence electrons. The SMILES string of the molecule is Cc1nc(C(=O)Nc2ccc(C#N)cc2)cc(N2CCC(C)CC2)n1. The lowest BCUT2D eigenvalue weighted by Crippen LogP contribution is -2.34. The molecule has 0 aliphatic carbocycles. The summed E-state index contributed by atoms with van der Waals surface area (Å²) in [6.45, 7) is 5.97. The molecule has 2 heterocycles. The smallest absolute Gasteiger partial charge is 0.274 e. The molecule has 0 saturated carbocycles. The molecule has 0 bridgehead atoms. The van der Waals surface area contributed by atoms with Crippen molar-refractivity contribution in [2.75, 3.05) is 23.3 Å². The van der Waals surface area contributed by atoms with E-state index in [2.05, 4.69) is 33.2 Å². The number of nitrogens with zero attached hydrogens (tertiary/aromatic N) is 4. The number of rotatable bonds is 3. The van der Waals surface area contributed by atoms with E-state index in [1.807, 2.05) is 0 Å². The Hall–Kier alpha value is -2.94. The Balaban J connectivity index is 1.76. The standard InChI is InChI=1S/C19H21N5O/c1-13-7-9-24(10-8-13)18-11-17(21-14(2)22-18)19(25)23-16-5-3-15(12-20)4-6-16/h3-6,11,13H,7-10H2,1-2H3,(H,23,25). The van der Waals surface area contributed by atoms with E-state index in [1.54, 1.807) is 37.3 Å². The zero-order valence-corrected chi connectivity index (χ0v) is 14.5. The van der Waals surface area contributed by atoms with Crippen LogP contribution in [0, 0.1) is 24.2 Å². The number of hydrogen-bond donors (Lipinski definition) is 1. The number of piperidine rings is 1. The van der Waals surface area contributed by atoms with Gasteiger partial charge in [0.2, 0.25) is 0 Å². The largest absolute Gasteiger partial charge is 0.356 e. The molecule has 0 atom stereocenters. The Morgan fingerprint density at radius 2 is 1.92 bits per heavy atom. The van der Waals surface area contributed by atoms with E-state index < -0.39 is 0 Å². The third kappa shape index (κ3) is 4.13. The fraction of sp³-hybridized carbons (Fsp3) is 0.368. The quantitative estimate of drug-likeness (QED) is 0.932. The highest BCUT2D eigenvalue weighted by Crippen LogP contribution is 2.22. The van der Waals surface area contributed by atoms with Crippen molar-refractivity contribution in [2.45, 2.75) is 26.7 Å². The van der Waals surface area contributed by atoms with Gasteiger partial charge in [0.05, 0.1) is 11.6 Å². The average molecular weight is 335 g/mol. The van der Waals surface area contributed by atoms with Crippen molar-refractivity contribution in [2.24, 2.45) is 5.92 Å². The highest BCUT2D eigenvalue weighted by molar-refractivity contribution is 6.03. The number of nitriles is 1. The first-order valence-corrected chi connectivity index (χ1v) is 8.47. The number of aromatic nitrogens is 2. The van der Waals surface area contributed by atoms with Crippen LogP contribution in [-0.2, 0) is 0 Å². The van der Waals surface area contributed by atoms with Gasteiger partial charge in [-0.2, -0.15) is 5.26 Å². The van der Waals surface area contributed by atoms with Crippen molar-refractivity contribution >= 4 is 17.4 Å². The van der Waals surface area contributed by atoms with Crippen LogP contribution in [0.3, 0.4) is 0 Å². The predicted molar refractivity (Wildman–Crippen MR) is 96.5 cm³/mol. The van der Waals surface area contributed by atoms with Crippen molar-refractivity contribution in [1.29, 1.82) is 5.26 Å². The molecule has 1 aromatic heterocycles. The molecule has 25 heavy (non-hydrogen) atoms. The number of carbonyl (C=O) groups excluding carboxylic acids is 1. The first kappa shape index (κ1) is 16.9. The number of carbonyl (C=O) groups is 1. The molecule has 6 nitrogen and oxygen atoms in total. The number of hydrogen-bond acceptors (Lipinski definition) is 5. The molecular formula is C19H21N5O. The third-order valence-electron chi connectivity index (χ3n) is 4.44. The summed E-state index contributed by atoms with van der Waals surface area (Å²) in [6.07, 6.45) is 2.27. The second-order valence-corrected chi connectivity index (χ2v) is 6.47. The number of amides is 1. The zero-order valence-electron chi connectivity index (χ0n) is 14.5. The van der Waals surface area contributed by atoms with E-state index in [4.69, 9.17) is 5.26 Å². The summed E-state index contributed by atoms with van der Waals surface area (Å²) in [5, 5.41) is 11.6. The van der Waals surface area contributed by atoms with Gasteiger partial charge in [-0.05, 0) is 49.9 Å². The van der Waals surface area contributed by atoms with Gasteiger partial charge in [0.1, 0.15) is 17.3 Å². The molecule has 1 fully saturated rings. The van der Waals surface area contributed by atoms with Gasteiger partial charge in [-0.3, -0.25) is 4.79 Å². The summed E-state index contributed by atoms with van der Waals surface area (Å²) in [5.74, 6) is 1.85. The fourth-order valence-corrected chi connectivity index (χ4v) is 2.89. The van der Waals surface area contributed by atoms with Gasteiger partial charge in [0.15, 0.2) is 0 Å². The van der Waals surface area contributed by atoms with Gasteiger partial charge in [0, 0.05) is 24.8 Å². The summed E-state index contributed by atoms with van der Waals surface area (Å²) < 4.78 is 0. The van der Waals surface area contributed by atoms with E-state index in [0.29, 0.717) is 22.8 Å². The first-order chi connectivity index (χ1) is 12.0. The third-order valence-corrected chi connectivity index (χ3v) is 4.44. The lowest BCUT2D eigenvalue weighted by atomic mass is 9.99. The maximum atomic E-state index is 12.5. The van der Waals surface area contributed by atoms with E-state index in [9.17, 15) is 4.79 Å². The Morgan fingerprint density at radius 3 is 2.56 bits per heavy atom. The van der Waals surface area contributed by atoms with Crippen LogP contribution in [0.1, 0.15) is 41.6 Å². The molecule has 1 amide bonds. The normalized spacial score (nSPS) is 14.8. The Labute approximate surface area is 147 Å². The van der Waals surface area contributed by atoms with Crippen LogP contribution in [0.4, 0.5) is 11.5 Å². The zero-order chi connectivity index (χ0) is 17.8. The van der Waals surface area contributed by atoms with Crippen LogP contribution < -0.4 is 10.2 Å². The highest BCUT2D eigenvalue weighted by atomic mass is 16.1. The van der Waals surface area contributed by atoms with Crippen molar-refractivity contribution in [3.8, 4) is 6.07 Å². The van der Waals surface area contributed by atoms with Gasteiger partial charge in [0.25, 0.3) is 5.91 Å². The van der Waals surface area contributed by atoms with Crippen LogP contribution in [0.2, 0.25) is 0 Å². The summed E-state index contributed by atoms with van der Waals surface area (Å²) in [5.41, 5.74) is 1.54. The van der Waals surface area contributed by atoms with Gasteiger partial charge in [-0.25, -0.2) is 9.97 Å². The number of anilines is 2. The van der Waals surface area contributed by atoms with Crippen molar-refractivity contribution in [1.82, 2.24) is 9.97 Å². The Kier molecular flexibility index (Phi) is 4.94. The summed E-state index contributed by atoms with van der Waals surface area (Å²) in [7, 11) is 0. The molecule has 6 heteroatoms. The Bertz CT molecular complexity index is 802. The molecule has 1 aliphatic heterocycles. The highest BCUT2D eigenvalue weighted by Gasteiger charge is 2.19. The minimum absolute atomic E-state index is 0.276. The van der Waals surface area contributed by atoms with Crippen LogP contribution >= 0.6 is 0 Å². The number of benzene rings is 1.